The first-order valence-corrected chi connectivity index (χ1v) is 6.62. The second-order valence-electron chi connectivity index (χ2n) is 4.05. The molecule has 0 radical (unpaired) electrons. The molecule has 0 atom stereocenters. The number of carbonyl (C=O) groups is 2. The van der Waals surface area contributed by atoms with E-state index in [1.807, 2.05) is 0 Å². The first-order valence-electron chi connectivity index (χ1n) is 5.83. The maximum atomic E-state index is 13.0. The van der Waals surface area contributed by atoms with Crippen molar-refractivity contribution in [2.24, 2.45) is 0 Å². The topological polar surface area (TPSA) is 78.4 Å². The van der Waals surface area contributed by atoms with E-state index in [0.29, 0.717) is 10.2 Å². The molecule has 0 aliphatic rings. The molecule has 21 heavy (non-hydrogen) atoms. The Morgan fingerprint density at radius 2 is 1.71 bits per heavy atom. The van der Waals surface area contributed by atoms with Crippen molar-refractivity contribution in [3.63, 3.8) is 0 Å². The smallest absolute Gasteiger partial charge is 0.337 e. The minimum Gasteiger partial charge on any atom is -0.478 e. The van der Waals surface area contributed by atoms with Crippen molar-refractivity contribution in [2.45, 2.75) is 0 Å². The van der Waals surface area contributed by atoms with Gasteiger partial charge >= 0.3 is 12.0 Å². The molecule has 7 heteroatoms. The van der Waals surface area contributed by atoms with Crippen LogP contribution in [0.3, 0.4) is 0 Å². The number of halogens is 2. The summed E-state index contributed by atoms with van der Waals surface area (Å²) in [4.78, 5) is 22.9. The van der Waals surface area contributed by atoms with Crippen LogP contribution in [0.4, 0.5) is 20.6 Å². The molecule has 0 aliphatic heterocycles. The number of anilines is 2. The SMILES string of the molecule is O=C(Nc1ccccc1Br)Nc1ccc(F)cc1C(=O)O. The zero-order valence-corrected chi connectivity index (χ0v) is 12.1. The number of carbonyl (C=O) groups excluding carboxylic acids is 1. The molecule has 0 saturated heterocycles. The molecular formula is C14H10BrFN2O3. The first-order chi connectivity index (χ1) is 9.97. The van der Waals surface area contributed by atoms with E-state index in [0.717, 1.165) is 12.1 Å². The minimum atomic E-state index is -1.33. The lowest BCUT2D eigenvalue weighted by Gasteiger charge is -2.11. The standard InChI is InChI=1S/C14H10BrFN2O3/c15-10-3-1-2-4-12(10)18-14(21)17-11-6-5-8(16)7-9(11)13(19)20/h1-7H,(H,19,20)(H2,17,18,21). The lowest BCUT2D eigenvalue weighted by molar-refractivity contribution is 0.0697. The van der Waals surface area contributed by atoms with E-state index in [9.17, 15) is 14.0 Å². The molecule has 5 nitrogen and oxygen atoms in total. The molecule has 2 aromatic rings. The van der Waals surface area contributed by atoms with Gasteiger partial charge in [0.05, 0.1) is 16.9 Å². The molecular weight excluding hydrogens is 343 g/mol. The first kappa shape index (κ1) is 15.0. The van der Waals surface area contributed by atoms with Gasteiger partial charge in [-0.1, -0.05) is 12.1 Å². The number of carboxylic acids is 1. The summed E-state index contributed by atoms with van der Waals surface area (Å²) in [6.07, 6.45) is 0. The van der Waals surface area contributed by atoms with Gasteiger partial charge in [-0.3, -0.25) is 0 Å². The zero-order valence-electron chi connectivity index (χ0n) is 10.6. The molecule has 0 aliphatic carbocycles. The Kier molecular flexibility index (Phi) is 4.54. The average Bonchev–Trinajstić information content (AvgIpc) is 2.43. The predicted molar refractivity (Wildman–Crippen MR) is 80.1 cm³/mol. The fourth-order valence-electron chi connectivity index (χ4n) is 1.64. The van der Waals surface area contributed by atoms with Gasteiger partial charge in [0.15, 0.2) is 0 Å². The Hall–Kier alpha value is -2.41. The van der Waals surface area contributed by atoms with Crippen LogP contribution in [0.2, 0.25) is 0 Å². The Balaban J connectivity index is 2.17. The van der Waals surface area contributed by atoms with Crippen LogP contribution in [0.5, 0.6) is 0 Å². The van der Waals surface area contributed by atoms with Gasteiger partial charge in [0.25, 0.3) is 0 Å². The van der Waals surface area contributed by atoms with Crippen LogP contribution in [0.1, 0.15) is 10.4 Å². The number of aromatic carboxylic acids is 1. The van der Waals surface area contributed by atoms with E-state index >= 15 is 0 Å². The van der Waals surface area contributed by atoms with Gasteiger partial charge in [0.2, 0.25) is 0 Å². The highest BCUT2D eigenvalue weighted by molar-refractivity contribution is 9.10. The van der Waals surface area contributed by atoms with E-state index in [4.69, 9.17) is 5.11 Å². The average molecular weight is 353 g/mol. The summed E-state index contributed by atoms with van der Waals surface area (Å²) < 4.78 is 13.7. The van der Waals surface area contributed by atoms with Crippen LogP contribution in [-0.4, -0.2) is 17.1 Å². The van der Waals surface area contributed by atoms with Crippen molar-refractivity contribution in [1.29, 1.82) is 0 Å². The number of amides is 2. The molecule has 0 fully saturated rings. The Bertz CT molecular complexity index is 706. The normalized spacial score (nSPS) is 10.0. The molecule has 3 N–H and O–H groups in total. The number of benzene rings is 2. The number of carboxylic acid groups (broad SMARTS) is 1. The van der Waals surface area contributed by atoms with Crippen molar-refractivity contribution in [2.75, 3.05) is 10.6 Å². The number of rotatable bonds is 3. The van der Waals surface area contributed by atoms with Crippen molar-refractivity contribution >= 4 is 39.3 Å². The predicted octanol–water partition coefficient (Wildman–Crippen LogP) is 3.93. The van der Waals surface area contributed by atoms with Gasteiger partial charge in [-0.25, -0.2) is 14.0 Å². The van der Waals surface area contributed by atoms with Crippen LogP contribution in [0, 0.1) is 5.82 Å². The lowest BCUT2D eigenvalue weighted by Crippen LogP contribution is -2.21. The van der Waals surface area contributed by atoms with E-state index in [1.54, 1.807) is 24.3 Å². The van der Waals surface area contributed by atoms with Gasteiger partial charge in [-0.2, -0.15) is 0 Å². The second kappa shape index (κ2) is 6.36. The lowest BCUT2D eigenvalue weighted by atomic mass is 10.2. The number of nitrogens with one attached hydrogen (secondary N) is 2. The Morgan fingerprint density at radius 3 is 2.38 bits per heavy atom. The Labute approximate surface area is 127 Å². The van der Waals surface area contributed by atoms with Crippen molar-refractivity contribution in [1.82, 2.24) is 0 Å². The van der Waals surface area contributed by atoms with Crippen LogP contribution < -0.4 is 10.6 Å². The molecule has 2 amide bonds. The molecule has 0 spiro atoms. The fourth-order valence-corrected chi connectivity index (χ4v) is 2.02. The van der Waals surface area contributed by atoms with Crippen LogP contribution in [0.15, 0.2) is 46.9 Å². The quantitative estimate of drug-likeness (QED) is 0.782. The highest BCUT2D eigenvalue weighted by atomic mass is 79.9. The molecule has 108 valence electrons. The largest absolute Gasteiger partial charge is 0.478 e. The summed E-state index contributed by atoms with van der Waals surface area (Å²) in [7, 11) is 0. The van der Waals surface area contributed by atoms with Gasteiger partial charge in [-0.15, -0.1) is 0 Å². The number of para-hydroxylation sites is 1. The van der Waals surface area contributed by atoms with Gasteiger partial charge in [0, 0.05) is 4.47 Å². The van der Waals surface area contributed by atoms with Gasteiger partial charge in [0.1, 0.15) is 5.82 Å². The van der Waals surface area contributed by atoms with Crippen LogP contribution in [0.25, 0.3) is 0 Å². The van der Waals surface area contributed by atoms with Gasteiger partial charge in [-0.05, 0) is 46.3 Å². The summed E-state index contributed by atoms with van der Waals surface area (Å²) in [5.74, 6) is -2.02. The van der Waals surface area contributed by atoms with Crippen molar-refractivity contribution in [3.05, 3.63) is 58.3 Å². The number of hydrogen-bond acceptors (Lipinski definition) is 2. The van der Waals surface area contributed by atoms with Gasteiger partial charge < -0.3 is 15.7 Å². The van der Waals surface area contributed by atoms with Crippen LogP contribution in [-0.2, 0) is 0 Å². The maximum absolute atomic E-state index is 13.0. The third-order valence-electron chi connectivity index (χ3n) is 2.58. The van der Waals surface area contributed by atoms with Crippen molar-refractivity contribution < 1.29 is 19.1 Å². The summed E-state index contributed by atoms with van der Waals surface area (Å²) in [6.45, 7) is 0. The number of urea groups is 1. The third kappa shape index (κ3) is 3.79. The summed E-state index contributed by atoms with van der Waals surface area (Å²) >= 11 is 3.27. The molecule has 0 aromatic heterocycles. The highest BCUT2D eigenvalue weighted by Gasteiger charge is 2.14. The van der Waals surface area contributed by atoms with E-state index < -0.39 is 17.8 Å². The monoisotopic (exact) mass is 352 g/mol. The van der Waals surface area contributed by atoms with E-state index in [2.05, 4.69) is 26.6 Å². The molecule has 0 unspecified atom stereocenters. The second-order valence-corrected chi connectivity index (χ2v) is 4.91. The third-order valence-corrected chi connectivity index (χ3v) is 3.27. The highest BCUT2D eigenvalue weighted by Crippen LogP contribution is 2.22. The van der Waals surface area contributed by atoms with E-state index in [1.165, 1.54) is 6.07 Å². The van der Waals surface area contributed by atoms with E-state index in [-0.39, 0.29) is 11.3 Å². The zero-order chi connectivity index (χ0) is 15.4. The summed E-state index contributed by atoms with van der Waals surface area (Å²) in [6, 6.07) is 9.42. The maximum Gasteiger partial charge on any atom is 0.337 e. The molecule has 2 aromatic carbocycles. The fraction of sp³-hybridized carbons (Fsp3) is 0. The molecule has 2 rings (SSSR count). The molecule has 0 saturated carbocycles. The summed E-state index contributed by atoms with van der Waals surface area (Å²) in [5, 5.41) is 13.9. The van der Waals surface area contributed by atoms with Crippen LogP contribution >= 0.6 is 15.9 Å². The summed E-state index contributed by atoms with van der Waals surface area (Å²) in [5.41, 5.74) is 0.208. The number of hydrogen-bond donors (Lipinski definition) is 3. The molecule has 0 bridgehead atoms. The molecule has 0 heterocycles. The Morgan fingerprint density at radius 1 is 1.05 bits per heavy atom. The minimum absolute atomic E-state index is 0.00783. The van der Waals surface area contributed by atoms with Crippen molar-refractivity contribution in [3.8, 4) is 0 Å².